The van der Waals surface area contributed by atoms with E-state index in [0.29, 0.717) is 12.0 Å². The summed E-state index contributed by atoms with van der Waals surface area (Å²) < 4.78 is 27.4. The summed E-state index contributed by atoms with van der Waals surface area (Å²) in [7, 11) is 0. The summed E-state index contributed by atoms with van der Waals surface area (Å²) >= 11 is 0. The number of hydrogen-bond donors (Lipinski definition) is 0. The third kappa shape index (κ3) is 5.03. The summed E-state index contributed by atoms with van der Waals surface area (Å²) in [5, 5.41) is 0. The van der Waals surface area contributed by atoms with E-state index in [2.05, 4.69) is 6.92 Å². The normalized spacial score (nSPS) is 10.8. The van der Waals surface area contributed by atoms with Gasteiger partial charge in [-0.15, -0.1) is 0 Å². The maximum absolute atomic E-state index is 13.8. The van der Waals surface area contributed by atoms with Crippen molar-refractivity contribution in [3.05, 3.63) is 34.9 Å². The molecule has 1 rings (SSSR count). The fourth-order valence-corrected chi connectivity index (χ4v) is 2.33. The second-order valence-electron chi connectivity index (χ2n) is 5.33. The molecule has 0 bridgehead atoms. The lowest BCUT2D eigenvalue weighted by Gasteiger charge is -2.07. The predicted octanol–water partition coefficient (Wildman–Crippen LogP) is 5.46. The number of aryl methyl sites for hydroxylation is 1. The third-order valence-electron chi connectivity index (χ3n) is 3.59. The van der Waals surface area contributed by atoms with E-state index in [1.54, 1.807) is 0 Å². The molecule has 0 N–H and O–H groups in total. The first-order valence-corrected chi connectivity index (χ1v) is 7.55. The van der Waals surface area contributed by atoms with E-state index in [1.807, 2.05) is 0 Å². The first-order chi connectivity index (χ1) is 9.57. The van der Waals surface area contributed by atoms with Crippen LogP contribution in [0.3, 0.4) is 0 Å². The molecule has 0 amide bonds. The molecule has 20 heavy (non-hydrogen) atoms. The maximum Gasteiger partial charge on any atom is 0.169 e. The van der Waals surface area contributed by atoms with Gasteiger partial charge in [0.2, 0.25) is 0 Å². The number of carbonyl (C=O) groups excluding carboxylic acids is 1. The molecule has 0 aromatic heterocycles. The molecule has 0 heterocycles. The fraction of sp³-hybridized carbons (Fsp3) is 0.588. The number of benzene rings is 1. The van der Waals surface area contributed by atoms with E-state index in [1.165, 1.54) is 44.7 Å². The minimum absolute atomic E-state index is 0.161. The second-order valence-corrected chi connectivity index (χ2v) is 5.33. The Morgan fingerprint density at radius 2 is 1.55 bits per heavy atom. The zero-order valence-electron chi connectivity index (χ0n) is 12.5. The van der Waals surface area contributed by atoms with E-state index < -0.39 is 17.4 Å². The van der Waals surface area contributed by atoms with Crippen molar-refractivity contribution in [2.24, 2.45) is 0 Å². The summed E-state index contributed by atoms with van der Waals surface area (Å²) in [6.45, 7) is 3.43. The monoisotopic (exact) mass is 282 g/mol. The Kier molecular flexibility index (Phi) is 7.42. The fourth-order valence-electron chi connectivity index (χ4n) is 2.33. The molecule has 0 saturated heterocycles. The molecule has 0 saturated carbocycles. The van der Waals surface area contributed by atoms with Crippen LogP contribution in [-0.2, 0) is 6.42 Å². The molecule has 112 valence electrons. The highest BCUT2D eigenvalue weighted by atomic mass is 19.2. The highest BCUT2D eigenvalue weighted by Gasteiger charge is 2.15. The number of hydrogen-bond acceptors (Lipinski definition) is 1. The van der Waals surface area contributed by atoms with Crippen LogP contribution in [0.15, 0.2) is 12.1 Å². The van der Waals surface area contributed by atoms with Crippen molar-refractivity contribution in [2.75, 3.05) is 0 Å². The van der Waals surface area contributed by atoms with Gasteiger partial charge >= 0.3 is 0 Å². The smallest absolute Gasteiger partial charge is 0.169 e. The Labute approximate surface area is 120 Å². The molecule has 0 aliphatic heterocycles. The first kappa shape index (κ1) is 16.8. The number of ketones is 1. The first-order valence-electron chi connectivity index (χ1n) is 7.55. The molecule has 0 aliphatic rings. The van der Waals surface area contributed by atoms with Crippen molar-refractivity contribution in [2.45, 2.75) is 65.2 Å². The van der Waals surface area contributed by atoms with E-state index in [0.717, 1.165) is 19.3 Å². The molecular formula is C17H24F2O. The number of Topliss-reactive ketones (excluding diaryl/α,β-unsaturated/α-hetero) is 1. The van der Waals surface area contributed by atoms with E-state index >= 15 is 0 Å². The minimum atomic E-state index is -1.00. The van der Waals surface area contributed by atoms with Gasteiger partial charge in [0.15, 0.2) is 17.4 Å². The Morgan fingerprint density at radius 1 is 0.950 bits per heavy atom. The zero-order valence-corrected chi connectivity index (χ0v) is 12.5. The molecular weight excluding hydrogens is 258 g/mol. The van der Waals surface area contributed by atoms with Crippen molar-refractivity contribution in [3.63, 3.8) is 0 Å². The van der Waals surface area contributed by atoms with Gasteiger partial charge in [0.1, 0.15) is 0 Å². The molecule has 3 heteroatoms. The van der Waals surface area contributed by atoms with Crippen LogP contribution in [0, 0.1) is 11.6 Å². The van der Waals surface area contributed by atoms with Crippen LogP contribution in [0.2, 0.25) is 0 Å². The van der Waals surface area contributed by atoms with Crippen molar-refractivity contribution in [3.8, 4) is 0 Å². The maximum atomic E-state index is 13.8. The van der Waals surface area contributed by atoms with Crippen LogP contribution in [0.25, 0.3) is 0 Å². The topological polar surface area (TPSA) is 17.1 Å². The quantitative estimate of drug-likeness (QED) is 0.434. The van der Waals surface area contributed by atoms with Gasteiger partial charge in [0.05, 0.1) is 5.56 Å². The summed E-state index contributed by atoms with van der Waals surface area (Å²) in [5.41, 5.74) is 0.215. The van der Waals surface area contributed by atoms with Crippen molar-refractivity contribution in [1.82, 2.24) is 0 Å². The van der Waals surface area contributed by atoms with Crippen LogP contribution in [0.4, 0.5) is 8.78 Å². The van der Waals surface area contributed by atoms with Crippen LogP contribution >= 0.6 is 0 Å². The lowest BCUT2D eigenvalue weighted by molar-refractivity contribution is 0.101. The Balaban J connectivity index is 2.41. The SMILES string of the molecule is CCCCCCCCCc1ccc(C(C)=O)c(F)c1F. The van der Waals surface area contributed by atoms with E-state index in [9.17, 15) is 13.6 Å². The van der Waals surface area contributed by atoms with Gasteiger partial charge in [-0.25, -0.2) is 8.78 Å². The Hall–Kier alpha value is -1.25. The van der Waals surface area contributed by atoms with Crippen molar-refractivity contribution >= 4 is 5.78 Å². The largest absolute Gasteiger partial charge is 0.294 e. The van der Waals surface area contributed by atoms with Gasteiger partial charge < -0.3 is 0 Å². The van der Waals surface area contributed by atoms with Gasteiger partial charge in [-0.05, 0) is 31.4 Å². The van der Waals surface area contributed by atoms with Crippen LogP contribution in [-0.4, -0.2) is 5.78 Å². The van der Waals surface area contributed by atoms with Gasteiger partial charge in [-0.2, -0.15) is 0 Å². The van der Waals surface area contributed by atoms with Gasteiger partial charge in [-0.3, -0.25) is 4.79 Å². The van der Waals surface area contributed by atoms with E-state index in [-0.39, 0.29) is 5.56 Å². The third-order valence-corrected chi connectivity index (χ3v) is 3.59. The number of carbonyl (C=O) groups is 1. The lowest BCUT2D eigenvalue weighted by Crippen LogP contribution is -2.03. The summed E-state index contributed by atoms with van der Waals surface area (Å²) in [5.74, 6) is -2.30. The molecule has 0 radical (unpaired) electrons. The van der Waals surface area contributed by atoms with E-state index in [4.69, 9.17) is 0 Å². The standard InChI is InChI=1S/C17H24F2O/c1-3-4-5-6-7-8-9-10-14-11-12-15(13(2)20)17(19)16(14)18/h11-12H,3-10H2,1-2H3. The average molecular weight is 282 g/mol. The van der Waals surface area contributed by atoms with Gasteiger partial charge in [0.25, 0.3) is 0 Å². The Morgan fingerprint density at radius 3 is 2.15 bits per heavy atom. The van der Waals surface area contributed by atoms with Gasteiger partial charge in [0, 0.05) is 0 Å². The molecule has 0 spiro atoms. The molecule has 0 fully saturated rings. The summed E-state index contributed by atoms with van der Waals surface area (Å²) in [6, 6.07) is 2.92. The summed E-state index contributed by atoms with van der Waals surface area (Å²) in [4.78, 5) is 11.1. The number of rotatable bonds is 9. The Bertz CT molecular complexity index is 441. The molecule has 0 aliphatic carbocycles. The van der Waals surface area contributed by atoms with Crippen LogP contribution in [0.5, 0.6) is 0 Å². The van der Waals surface area contributed by atoms with Gasteiger partial charge in [-0.1, -0.05) is 51.5 Å². The molecule has 1 nitrogen and oxygen atoms in total. The van der Waals surface area contributed by atoms with Crippen LogP contribution < -0.4 is 0 Å². The van der Waals surface area contributed by atoms with Crippen molar-refractivity contribution in [1.29, 1.82) is 0 Å². The van der Waals surface area contributed by atoms with Crippen LogP contribution in [0.1, 0.15) is 74.7 Å². The van der Waals surface area contributed by atoms with Crippen molar-refractivity contribution < 1.29 is 13.6 Å². The second kappa shape index (κ2) is 8.83. The lowest BCUT2D eigenvalue weighted by atomic mass is 10.0. The molecule has 1 aromatic rings. The highest BCUT2D eigenvalue weighted by molar-refractivity contribution is 5.94. The molecule has 0 atom stereocenters. The number of unbranched alkanes of at least 4 members (excludes halogenated alkanes) is 6. The highest BCUT2D eigenvalue weighted by Crippen LogP contribution is 2.19. The average Bonchev–Trinajstić information content (AvgIpc) is 2.42. The summed E-state index contributed by atoms with van der Waals surface area (Å²) in [6.07, 6.45) is 8.56. The molecule has 1 aromatic carbocycles. The zero-order chi connectivity index (χ0) is 15.0. The predicted molar refractivity (Wildman–Crippen MR) is 78.1 cm³/mol. The number of halogens is 2. The minimum Gasteiger partial charge on any atom is -0.294 e. The molecule has 0 unspecified atom stereocenters.